The standard InChI is InChI=1S/C35H31N3O5S2/c1-3-4-19-43-27-13-8-11-24(20-27)30-29(31(39)23-15-17-26(42-2)18-16-23)32(40)33(41)38(30)34-36-37-35(45-34)44-21-25-12-7-10-22-9-5-6-14-28(22)25/h5-18,20,30,39H,3-4,19,21H2,1-2H3/b31-29+. The lowest BCUT2D eigenvalue weighted by Crippen LogP contribution is -2.29. The fourth-order valence-corrected chi connectivity index (χ4v) is 7.15. The summed E-state index contributed by atoms with van der Waals surface area (Å²) in [6, 6.07) is 27.4. The monoisotopic (exact) mass is 637 g/mol. The second-order valence-corrected chi connectivity index (χ2v) is 12.6. The molecule has 0 bridgehead atoms. The van der Waals surface area contributed by atoms with Gasteiger partial charge in [-0.3, -0.25) is 14.5 Å². The molecular weight excluding hydrogens is 607 g/mol. The fraction of sp³-hybridized carbons (Fsp3) is 0.200. The molecule has 5 aromatic rings. The summed E-state index contributed by atoms with van der Waals surface area (Å²) < 4.78 is 11.9. The summed E-state index contributed by atoms with van der Waals surface area (Å²) in [5.74, 6) is 0.00515. The van der Waals surface area contributed by atoms with Crippen molar-refractivity contribution in [3.8, 4) is 11.5 Å². The predicted molar refractivity (Wildman–Crippen MR) is 178 cm³/mol. The summed E-state index contributed by atoms with van der Waals surface area (Å²) in [6.45, 7) is 2.63. The van der Waals surface area contributed by atoms with Gasteiger partial charge in [0.15, 0.2) is 4.34 Å². The second-order valence-electron chi connectivity index (χ2n) is 10.4. The van der Waals surface area contributed by atoms with E-state index in [9.17, 15) is 14.7 Å². The van der Waals surface area contributed by atoms with Crippen molar-refractivity contribution in [2.45, 2.75) is 35.9 Å². The smallest absolute Gasteiger partial charge is 0.301 e. The van der Waals surface area contributed by atoms with E-state index in [2.05, 4.69) is 41.4 Å². The Kier molecular flexibility index (Phi) is 9.13. The first-order valence-electron chi connectivity index (χ1n) is 14.6. The maximum atomic E-state index is 13.7. The zero-order chi connectivity index (χ0) is 31.3. The van der Waals surface area contributed by atoms with Gasteiger partial charge in [-0.1, -0.05) is 91.0 Å². The van der Waals surface area contributed by atoms with Crippen molar-refractivity contribution >= 4 is 56.5 Å². The van der Waals surface area contributed by atoms with Gasteiger partial charge in [0.05, 0.1) is 25.3 Å². The van der Waals surface area contributed by atoms with Crippen LogP contribution >= 0.6 is 23.1 Å². The molecule has 1 unspecified atom stereocenters. The summed E-state index contributed by atoms with van der Waals surface area (Å²) >= 11 is 2.75. The van der Waals surface area contributed by atoms with E-state index in [1.165, 1.54) is 33.4 Å². The Morgan fingerprint density at radius 3 is 2.53 bits per heavy atom. The van der Waals surface area contributed by atoms with Crippen molar-refractivity contribution in [2.75, 3.05) is 18.6 Å². The Hall–Kier alpha value is -4.67. The first kappa shape index (κ1) is 30.4. The van der Waals surface area contributed by atoms with Crippen LogP contribution in [0.25, 0.3) is 16.5 Å². The highest BCUT2D eigenvalue weighted by Crippen LogP contribution is 2.45. The van der Waals surface area contributed by atoms with E-state index in [-0.39, 0.29) is 16.5 Å². The number of Topliss-reactive ketones (excluding diaryl/α,β-unsaturated/α-hetero) is 1. The number of amides is 1. The predicted octanol–water partition coefficient (Wildman–Crippen LogP) is 7.80. The number of aromatic nitrogens is 2. The zero-order valence-electron chi connectivity index (χ0n) is 24.8. The minimum atomic E-state index is -0.939. The van der Waals surface area contributed by atoms with Crippen molar-refractivity contribution < 1.29 is 24.2 Å². The molecule has 1 aliphatic heterocycles. The average Bonchev–Trinajstić information content (AvgIpc) is 3.65. The minimum absolute atomic E-state index is 0.0315. The zero-order valence-corrected chi connectivity index (χ0v) is 26.4. The number of unbranched alkanes of at least 4 members (excludes halogenated alkanes) is 1. The van der Waals surface area contributed by atoms with E-state index in [1.54, 1.807) is 37.4 Å². The van der Waals surface area contributed by atoms with Gasteiger partial charge in [-0.05, 0) is 64.7 Å². The molecule has 4 aromatic carbocycles. The number of benzene rings is 4. The molecule has 0 saturated carbocycles. The lowest BCUT2D eigenvalue weighted by Gasteiger charge is -2.23. The molecule has 1 saturated heterocycles. The van der Waals surface area contributed by atoms with Crippen LogP contribution in [-0.2, 0) is 15.3 Å². The third kappa shape index (κ3) is 6.29. The molecule has 8 nitrogen and oxygen atoms in total. The summed E-state index contributed by atoms with van der Waals surface area (Å²) in [5, 5.41) is 22.8. The maximum Gasteiger partial charge on any atom is 0.301 e. The molecule has 2 heterocycles. The van der Waals surface area contributed by atoms with Gasteiger partial charge in [-0.25, -0.2) is 0 Å². The molecule has 1 fully saturated rings. The highest BCUT2D eigenvalue weighted by atomic mass is 32.2. The number of anilines is 1. The van der Waals surface area contributed by atoms with Gasteiger partial charge in [0.25, 0.3) is 5.78 Å². The topological polar surface area (TPSA) is 102 Å². The Balaban J connectivity index is 1.36. The van der Waals surface area contributed by atoms with Gasteiger partial charge in [0.2, 0.25) is 5.13 Å². The molecule has 228 valence electrons. The maximum absolute atomic E-state index is 13.7. The molecule has 1 N–H and O–H groups in total. The molecule has 0 spiro atoms. The van der Waals surface area contributed by atoms with Crippen molar-refractivity contribution in [2.24, 2.45) is 0 Å². The van der Waals surface area contributed by atoms with Crippen LogP contribution in [0, 0.1) is 0 Å². The lowest BCUT2D eigenvalue weighted by molar-refractivity contribution is -0.132. The van der Waals surface area contributed by atoms with Crippen LogP contribution in [-0.4, -0.2) is 40.7 Å². The summed E-state index contributed by atoms with van der Waals surface area (Å²) in [7, 11) is 1.55. The van der Waals surface area contributed by atoms with Crippen molar-refractivity contribution in [3.05, 3.63) is 113 Å². The van der Waals surface area contributed by atoms with Crippen molar-refractivity contribution in [1.29, 1.82) is 0 Å². The molecule has 10 heteroatoms. The number of hydrogen-bond donors (Lipinski definition) is 1. The normalized spacial score (nSPS) is 16.0. The number of ketones is 1. The van der Waals surface area contributed by atoms with E-state index < -0.39 is 17.7 Å². The Morgan fingerprint density at radius 1 is 0.956 bits per heavy atom. The molecule has 45 heavy (non-hydrogen) atoms. The van der Waals surface area contributed by atoms with Crippen LogP contribution in [0.4, 0.5) is 5.13 Å². The van der Waals surface area contributed by atoms with Crippen LogP contribution in [0.15, 0.2) is 101 Å². The number of nitrogens with zero attached hydrogens (tertiary/aromatic N) is 3. The Labute approximate surface area is 269 Å². The summed E-state index contributed by atoms with van der Waals surface area (Å²) in [5.41, 5.74) is 2.13. The van der Waals surface area contributed by atoms with E-state index in [1.807, 2.05) is 36.4 Å². The number of ether oxygens (including phenoxy) is 2. The van der Waals surface area contributed by atoms with Crippen LogP contribution in [0.1, 0.15) is 42.5 Å². The summed E-state index contributed by atoms with van der Waals surface area (Å²) in [4.78, 5) is 28.6. The lowest BCUT2D eigenvalue weighted by atomic mass is 9.95. The quantitative estimate of drug-likeness (QED) is 0.0391. The van der Waals surface area contributed by atoms with E-state index in [0.717, 1.165) is 23.8 Å². The Morgan fingerprint density at radius 2 is 1.73 bits per heavy atom. The Bertz CT molecular complexity index is 1880. The van der Waals surface area contributed by atoms with Crippen molar-refractivity contribution in [1.82, 2.24) is 10.2 Å². The van der Waals surface area contributed by atoms with Gasteiger partial charge in [0, 0.05) is 11.3 Å². The number of carbonyl (C=O) groups is 2. The van der Waals surface area contributed by atoms with E-state index in [4.69, 9.17) is 9.47 Å². The fourth-order valence-electron chi connectivity index (χ4n) is 5.27. The molecule has 1 amide bonds. The molecule has 0 radical (unpaired) electrons. The van der Waals surface area contributed by atoms with Crippen molar-refractivity contribution in [3.63, 3.8) is 0 Å². The first-order chi connectivity index (χ1) is 22.0. The van der Waals surface area contributed by atoms with Gasteiger partial charge >= 0.3 is 5.91 Å². The highest BCUT2D eigenvalue weighted by Gasteiger charge is 2.48. The van der Waals surface area contributed by atoms with Gasteiger partial charge in [-0.15, -0.1) is 10.2 Å². The average molecular weight is 638 g/mol. The molecule has 1 aliphatic rings. The van der Waals surface area contributed by atoms with Gasteiger partial charge in [0.1, 0.15) is 17.3 Å². The first-order valence-corrected chi connectivity index (χ1v) is 16.4. The number of carbonyl (C=O) groups excluding carboxylic acids is 2. The minimum Gasteiger partial charge on any atom is -0.507 e. The third-order valence-electron chi connectivity index (χ3n) is 7.58. The summed E-state index contributed by atoms with van der Waals surface area (Å²) in [6.07, 6.45) is 1.88. The van der Waals surface area contributed by atoms with Gasteiger partial charge < -0.3 is 14.6 Å². The van der Waals surface area contributed by atoms with Crippen LogP contribution in [0.2, 0.25) is 0 Å². The second kappa shape index (κ2) is 13.5. The number of hydrogen-bond acceptors (Lipinski definition) is 9. The van der Waals surface area contributed by atoms with E-state index >= 15 is 0 Å². The van der Waals surface area contributed by atoms with Crippen LogP contribution in [0.5, 0.6) is 11.5 Å². The largest absolute Gasteiger partial charge is 0.507 e. The number of thioether (sulfide) groups is 1. The molecule has 0 aliphatic carbocycles. The molecule has 6 rings (SSSR count). The number of rotatable bonds is 11. The third-order valence-corrected chi connectivity index (χ3v) is 9.69. The molecular formula is C35H31N3O5S2. The SMILES string of the molecule is CCCCOc1cccc(C2/C(=C(\O)c3ccc(OC)cc3)C(=O)C(=O)N2c2nnc(SCc3cccc4ccccc34)s2)c1. The molecule has 1 atom stereocenters. The number of aliphatic hydroxyl groups is 1. The van der Waals surface area contributed by atoms with Gasteiger partial charge in [-0.2, -0.15) is 0 Å². The molecule has 1 aromatic heterocycles. The number of aliphatic hydroxyl groups excluding tert-OH is 1. The van der Waals surface area contributed by atoms with E-state index in [0.29, 0.717) is 39.3 Å². The van der Waals surface area contributed by atoms with Crippen LogP contribution < -0.4 is 14.4 Å². The van der Waals surface area contributed by atoms with Crippen LogP contribution in [0.3, 0.4) is 0 Å². The number of fused-ring (bicyclic) bond motifs is 1. The highest BCUT2D eigenvalue weighted by molar-refractivity contribution is 8.00. The number of methoxy groups -OCH3 is 1.